The lowest BCUT2D eigenvalue weighted by Gasteiger charge is -2.14. The smallest absolute Gasteiger partial charge is 0.222 e. The fourth-order valence-electron chi connectivity index (χ4n) is 0.710. The minimum Gasteiger partial charge on any atom is -0.222 e. The van der Waals surface area contributed by atoms with Crippen molar-refractivity contribution in [2.75, 3.05) is 0 Å². The molecular formula is C5H5ClF4N4. The van der Waals surface area contributed by atoms with Gasteiger partial charge in [0, 0.05) is 0 Å². The van der Waals surface area contributed by atoms with Crippen molar-refractivity contribution in [3.05, 3.63) is 5.82 Å². The Labute approximate surface area is 80.8 Å². The van der Waals surface area contributed by atoms with Crippen LogP contribution in [0.1, 0.15) is 5.82 Å². The number of rotatable bonds is 4. The van der Waals surface area contributed by atoms with Crippen molar-refractivity contribution in [3.8, 4) is 0 Å². The quantitative estimate of drug-likeness (QED) is 0.581. The van der Waals surface area contributed by atoms with Crippen LogP contribution >= 0.6 is 11.6 Å². The summed E-state index contributed by atoms with van der Waals surface area (Å²) in [5.74, 6) is -4.45. The molecular weight excluding hydrogens is 228 g/mol. The molecule has 1 aromatic heterocycles. The van der Waals surface area contributed by atoms with E-state index in [1.54, 1.807) is 0 Å². The molecule has 9 heteroatoms. The van der Waals surface area contributed by atoms with E-state index in [1.807, 2.05) is 0 Å². The van der Waals surface area contributed by atoms with Crippen LogP contribution < -0.4 is 0 Å². The first-order valence-corrected chi connectivity index (χ1v) is 3.98. The molecule has 0 N–H and O–H groups in total. The van der Waals surface area contributed by atoms with Crippen LogP contribution in [0.3, 0.4) is 0 Å². The molecule has 0 amide bonds. The van der Waals surface area contributed by atoms with Gasteiger partial charge in [0.05, 0.1) is 5.88 Å². The van der Waals surface area contributed by atoms with E-state index in [0.29, 0.717) is 4.68 Å². The van der Waals surface area contributed by atoms with Gasteiger partial charge in [0.2, 0.25) is 0 Å². The van der Waals surface area contributed by atoms with Gasteiger partial charge in [-0.2, -0.15) is 8.78 Å². The number of alkyl halides is 5. The van der Waals surface area contributed by atoms with Gasteiger partial charge in [-0.25, -0.2) is 13.5 Å². The van der Waals surface area contributed by atoms with Gasteiger partial charge in [-0.3, -0.25) is 0 Å². The highest BCUT2D eigenvalue weighted by molar-refractivity contribution is 6.16. The third-order valence-corrected chi connectivity index (χ3v) is 1.64. The molecule has 0 aliphatic carbocycles. The lowest BCUT2D eigenvalue weighted by atomic mass is 10.3. The molecule has 0 aliphatic rings. The molecule has 1 aromatic rings. The van der Waals surface area contributed by atoms with Gasteiger partial charge in [-0.15, -0.1) is 16.7 Å². The minimum absolute atomic E-state index is 0.0769. The first-order valence-electron chi connectivity index (χ1n) is 3.44. The van der Waals surface area contributed by atoms with Gasteiger partial charge >= 0.3 is 12.3 Å². The maximum Gasteiger partial charge on any atom is 0.326 e. The normalized spacial score (nSPS) is 12.4. The Morgan fingerprint density at radius 2 is 2.07 bits per heavy atom. The lowest BCUT2D eigenvalue weighted by molar-refractivity contribution is -0.139. The summed E-state index contributed by atoms with van der Waals surface area (Å²) < 4.78 is 49.1. The highest BCUT2D eigenvalue weighted by Gasteiger charge is 2.42. The fourth-order valence-corrected chi connectivity index (χ4v) is 0.902. The number of halogens is 5. The van der Waals surface area contributed by atoms with E-state index in [4.69, 9.17) is 11.6 Å². The monoisotopic (exact) mass is 232 g/mol. The second-order valence-corrected chi connectivity index (χ2v) is 2.72. The highest BCUT2D eigenvalue weighted by Crippen LogP contribution is 2.24. The second-order valence-electron chi connectivity index (χ2n) is 2.45. The van der Waals surface area contributed by atoms with Crippen molar-refractivity contribution in [2.45, 2.75) is 24.8 Å². The molecule has 0 aliphatic heterocycles. The summed E-state index contributed by atoms with van der Waals surface area (Å²) in [6, 6.07) is 0. The Morgan fingerprint density at radius 1 is 1.43 bits per heavy atom. The zero-order valence-corrected chi connectivity index (χ0v) is 7.43. The molecule has 1 rings (SSSR count). The van der Waals surface area contributed by atoms with Gasteiger partial charge in [0.15, 0.2) is 5.82 Å². The summed E-state index contributed by atoms with van der Waals surface area (Å²) in [7, 11) is 0. The van der Waals surface area contributed by atoms with Gasteiger partial charge in [-0.1, -0.05) is 0 Å². The maximum atomic E-state index is 12.5. The summed E-state index contributed by atoms with van der Waals surface area (Å²) >= 11 is 5.29. The lowest BCUT2D eigenvalue weighted by Crippen LogP contribution is -2.33. The van der Waals surface area contributed by atoms with Crippen molar-refractivity contribution in [1.82, 2.24) is 20.2 Å². The Hall–Kier alpha value is -0.920. The SMILES string of the molecule is FC(F)C(F)(F)Cn1nnnc1CCl. The van der Waals surface area contributed by atoms with Crippen LogP contribution in [0.25, 0.3) is 0 Å². The number of hydrogen-bond donors (Lipinski definition) is 0. The van der Waals surface area contributed by atoms with Gasteiger partial charge in [-0.05, 0) is 10.4 Å². The molecule has 80 valence electrons. The predicted molar refractivity (Wildman–Crippen MR) is 38.3 cm³/mol. The van der Waals surface area contributed by atoms with Crippen molar-refractivity contribution in [1.29, 1.82) is 0 Å². The molecule has 0 saturated carbocycles. The van der Waals surface area contributed by atoms with Gasteiger partial charge < -0.3 is 0 Å². The van der Waals surface area contributed by atoms with Crippen LogP contribution in [0.2, 0.25) is 0 Å². The molecule has 0 spiro atoms. The zero-order valence-electron chi connectivity index (χ0n) is 6.67. The Bertz CT molecular complexity index is 302. The largest absolute Gasteiger partial charge is 0.326 e. The fraction of sp³-hybridized carbons (Fsp3) is 0.800. The number of hydrogen-bond acceptors (Lipinski definition) is 3. The van der Waals surface area contributed by atoms with Crippen LogP contribution in [-0.2, 0) is 12.4 Å². The second kappa shape index (κ2) is 4.07. The van der Waals surface area contributed by atoms with Crippen LogP contribution in [0.5, 0.6) is 0 Å². The van der Waals surface area contributed by atoms with E-state index in [0.717, 1.165) is 0 Å². The van der Waals surface area contributed by atoms with Crippen LogP contribution in [0, 0.1) is 0 Å². The minimum atomic E-state index is -4.16. The Morgan fingerprint density at radius 3 is 2.57 bits per heavy atom. The standard InChI is InChI=1S/C5H5ClF4N4/c6-1-3-11-12-13-14(3)2-5(9,10)4(7)8/h4H,1-2H2. The Kier molecular flexibility index (Phi) is 3.25. The van der Waals surface area contributed by atoms with Crippen molar-refractivity contribution in [3.63, 3.8) is 0 Å². The summed E-state index contributed by atoms with van der Waals surface area (Å²) in [5, 5.41) is 9.42. The van der Waals surface area contributed by atoms with E-state index < -0.39 is 18.9 Å². The van der Waals surface area contributed by atoms with E-state index >= 15 is 0 Å². The molecule has 0 unspecified atom stereocenters. The van der Waals surface area contributed by atoms with Gasteiger partial charge in [0.1, 0.15) is 6.54 Å². The molecule has 0 fully saturated rings. The zero-order chi connectivity index (χ0) is 10.8. The molecule has 0 bridgehead atoms. The summed E-state index contributed by atoms with van der Waals surface area (Å²) in [6.45, 7) is -1.28. The van der Waals surface area contributed by atoms with Crippen LogP contribution in [-0.4, -0.2) is 32.6 Å². The third kappa shape index (κ3) is 2.31. The molecule has 0 radical (unpaired) electrons. The molecule has 14 heavy (non-hydrogen) atoms. The van der Waals surface area contributed by atoms with Crippen molar-refractivity contribution < 1.29 is 17.6 Å². The van der Waals surface area contributed by atoms with Crippen LogP contribution in [0.15, 0.2) is 0 Å². The topological polar surface area (TPSA) is 43.6 Å². The summed E-state index contributed by atoms with van der Waals surface area (Å²) in [6.07, 6.45) is -3.75. The van der Waals surface area contributed by atoms with Gasteiger partial charge in [0.25, 0.3) is 0 Å². The number of nitrogens with zero attached hydrogens (tertiary/aromatic N) is 4. The first kappa shape index (κ1) is 11.2. The predicted octanol–water partition coefficient (Wildman–Crippen LogP) is 1.31. The molecule has 0 atom stereocenters. The molecule has 4 nitrogen and oxygen atoms in total. The number of aromatic nitrogens is 4. The summed E-state index contributed by atoms with van der Waals surface area (Å²) in [5.41, 5.74) is 0. The molecule has 1 heterocycles. The van der Waals surface area contributed by atoms with Crippen molar-refractivity contribution in [2.24, 2.45) is 0 Å². The Balaban J connectivity index is 2.78. The van der Waals surface area contributed by atoms with E-state index in [2.05, 4.69) is 15.5 Å². The number of tetrazole rings is 1. The summed E-state index contributed by atoms with van der Waals surface area (Å²) in [4.78, 5) is 0. The van der Waals surface area contributed by atoms with E-state index in [9.17, 15) is 17.6 Å². The van der Waals surface area contributed by atoms with Crippen LogP contribution in [0.4, 0.5) is 17.6 Å². The van der Waals surface area contributed by atoms with E-state index in [-0.39, 0.29) is 11.7 Å². The molecule has 0 saturated heterocycles. The van der Waals surface area contributed by atoms with E-state index in [1.165, 1.54) is 0 Å². The maximum absolute atomic E-state index is 12.5. The van der Waals surface area contributed by atoms with Crippen molar-refractivity contribution >= 4 is 11.6 Å². The molecule has 0 aromatic carbocycles. The first-order chi connectivity index (χ1) is 6.47. The highest BCUT2D eigenvalue weighted by atomic mass is 35.5. The average molecular weight is 233 g/mol. The average Bonchev–Trinajstić information content (AvgIpc) is 2.50. The third-order valence-electron chi connectivity index (χ3n) is 1.41.